The van der Waals surface area contributed by atoms with Crippen molar-refractivity contribution in [2.75, 3.05) is 0 Å². The standard InChI is InChI=1S/C15H31NO2/c1-7-9-11-15(6,12-10-8-2)16-13(17)18-14(3,4)5/h7-12H2,1-6H3,(H,16,17). The third-order valence-corrected chi connectivity index (χ3v) is 2.97. The van der Waals surface area contributed by atoms with Crippen LogP contribution in [0.1, 0.15) is 80.1 Å². The molecule has 0 aromatic rings. The van der Waals surface area contributed by atoms with Crippen molar-refractivity contribution in [3.8, 4) is 0 Å². The number of rotatable bonds is 7. The van der Waals surface area contributed by atoms with E-state index < -0.39 is 5.60 Å². The summed E-state index contributed by atoms with van der Waals surface area (Å²) in [7, 11) is 0. The smallest absolute Gasteiger partial charge is 0.408 e. The molecular weight excluding hydrogens is 226 g/mol. The summed E-state index contributed by atoms with van der Waals surface area (Å²) in [6.45, 7) is 12.1. The number of hydrogen-bond acceptors (Lipinski definition) is 2. The van der Waals surface area contributed by atoms with Crippen LogP contribution in [0.25, 0.3) is 0 Å². The fourth-order valence-electron chi connectivity index (χ4n) is 1.93. The zero-order valence-electron chi connectivity index (χ0n) is 13.1. The second-order valence-electron chi connectivity index (χ2n) is 6.39. The van der Waals surface area contributed by atoms with E-state index in [0.717, 1.165) is 38.5 Å². The first-order valence-electron chi connectivity index (χ1n) is 7.23. The molecule has 0 saturated heterocycles. The number of hydrogen-bond donors (Lipinski definition) is 1. The van der Waals surface area contributed by atoms with Crippen molar-refractivity contribution < 1.29 is 9.53 Å². The lowest BCUT2D eigenvalue weighted by molar-refractivity contribution is 0.0450. The molecule has 108 valence electrons. The maximum atomic E-state index is 11.9. The van der Waals surface area contributed by atoms with E-state index in [4.69, 9.17) is 4.74 Å². The van der Waals surface area contributed by atoms with E-state index >= 15 is 0 Å². The third kappa shape index (κ3) is 8.37. The minimum atomic E-state index is -0.430. The third-order valence-electron chi connectivity index (χ3n) is 2.97. The lowest BCUT2D eigenvalue weighted by atomic mass is 9.89. The second-order valence-corrected chi connectivity index (χ2v) is 6.39. The molecule has 18 heavy (non-hydrogen) atoms. The van der Waals surface area contributed by atoms with E-state index in [1.54, 1.807) is 0 Å². The van der Waals surface area contributed by atoms with Gasteiger partial charge in [-0.3, -0.25) is 0 Å². The highest BCUT2D eigenvalue weighted by atomic mass is 16.6. The van der Waals surface area contributed by atoms with Gasteiger partial charge in [-0.1, -0.05) is 39.5 Å². The van der Waals surface area contributed by atoms with Crippen molar-refractivity contribution >= 4 is 6.09 Å². The Morgan fingerprint density at radius 1 is 1.00 bits per heavy atom. The average molecular weight is 257 g/mol. The van der Waals surface area contributed by atoms with Gasteiger partial charge in [0.15, 0.2) is 0 Å². The number of alkyl carbamates (subject to hydrolysis) is 1. The summed E-state index contributed by atoms with van der Waals surface area (Å²) < 4.78 is 5.34. The van der Waals surface area contributed by atoms with Crippen LogP contribution in [-0.4, -0.2) is 17.2 Å². The van der Waals surface area contributed by atoms with Gasteiger partial charge in [0, 0.05) is 5.54 Å². The first kappa shape index (κ1) is 17.3. The Labute approximate surface area is 113 Å². The fourth-order valence-corrected chi connectivity index (χ4v) is 1.93. The van der Waals surface area contributed by atoms with Crippen LogP contribution < -0.4 is 5.32 Å². The minimum absolute atomic E-state index is 0.131. The predicted octanol–water partition coefficient (Wildman–Crippen LogP) is 4.65. The zero-order chi connectivity index (χ0) is 14.2. The van der Waals surface area contributed by atoms with Gasteiger partial charge in [0.2, 0.25) is 0 Å². The molecule has 0 saturated carbocycles. The Kier molecular flexibility index (Phi) is 7.34. The van der Waals surface area contributed by atoms with Crippen LogP contribution in [0, 0.1) is 0 Å². The summed E-state index contributed by atoms with van der Waals surface area (Å²) in [5, 5.41) is 3.06. The maximum absolute atomic E-state index is 11.9. The maximum Gasteiger partial charge on any atom is 0.408 e. The van der Waals surface area contributed by atoms with Crippen molar-refractivity contribution in [3.05, 3.63) is 0 Å². The topological polar surface area (TPSA) is 38.3 Å². The number of unbranched alkanes of at least 4 members (excludes halogenated alkanes) is 2. The molecule has 0 unspecified atom stereocenters. The first-order chi connectivity index (χ1) is 8.22. The lowest BCUT2D eigenvalue weighted by Crippen LogP contribution is -2.47. The summed E-state index contributed by atoms with van der Waals surface area (Å²) in [4.78, 5) is 11.9. The van der Waals surface area contributed by atoms with Crippen LogP contribution >= 0.6 is 0 Å². The molecule has 0 radical (unpaired) electrons. The van der Waals surface area contributed by atoms with E-state index in [1.807, 2.05) is 20.8 Å². The number of ether oxygens (including phenoxy) is 1. The summed E-state index contributed by atoms with van der Waals surface area (Å²) in [5.74, 6) is 0. The molecule has 0 aromatic carbocycles. The molecule has 0 aliphatic rings. The normalized spacial score (nSPS) is 12.3. The average Bonchev–Trinajstić information content (AvgIpc) is 2.21. The molecule has 0 aromatic heterocycles. The minimum Gasteiger partial charge on any atom is -0.444 e. The SMILES string of the molecule is CCCCC(C)(CCCC)NC(=O)OC(C)(C)C. The van der Waals surface area contributed by atoms with Crippen molar-refractivity contribution in [1.82, 2.24) is 5.32 Å². The molecule has 3 heteroatoms. The van der Waals surface area contributed by atoms with Crippen LogP contribution in [0.3, 0.4) is 0 Å². The summed E-state index contributed by atoms with van der Waals surface area (Å²) >= 11 is 0. The number of amides is 1. The highest BCUT2D eigenvalue weighted by Crippen LogP contribution is 2.22. The van der Waals surface area contributed by atoms with E-state index in [2.05, 4.69) is 26.1 Å². The highest BCUT2D eigenvalue weighted by molar-refractivity contribution is 5.68. The van der Waals surface area contributed by atoms with Gasteiger partial charge in [0.05, 0.1) is 0 Å². The molecule has 1 N–H and O–H groups in total. The number of carbonyl (C=O) groups excluding carboxylic acids is 1. The van der Waals surface area contributed by atoms with Gasteiger partial charge in [0.25, 0.3) is 0 Å². The lowest BCUT2D eigenvalue weighted by Gasteiger charge is -2.32. The predicted molar refractivity (Wildman–Crippen MR) is 76.8 cm³/mol. The molecule has 0 rings (SSSR count). The molecule has 0 spiro atoms. The van der Waals surface area contributed by atoms with Crippen LogP contribution in [0.5, 0.6) is 0 Å². The Bertz CT molecular complexity index is 235. The first-order valence-corrected chi connectivity index (χ1v) is 7.23. The Morgan fingerprint density at radius 3 is 1.78 bits per heavy atom. The largest absolute Gasteiger partial charge is 0.444 e. The molecule has 0 bridgehead atoms. The van der Waals surface area contributed by atoms with Gasteiger partial charge in [-0.15, -0.1) is 0 Å². The van der Waals surface area contributed by atoms with E-state index in [-0.39, 0.29) is 11.6 Å². The van der Waals surface area contributed by atoms with Crippen molar-refractivity contribution in [3.63, 3.8) is 0 Å². The van der Waals surface area contributed by atoms with E-state index in [0.29, 0.717) is 0 Å². The Morgan fingerprint density at radius 2 is 1.44 bits per heavy atom. The van der Waals surface area contributed by atoms with Crippen molar-refractivity contribution in [2.45, 2.75) is 91.2 Å². The highest BCUT2D eigenvalue weighted by Gasteiger charge is 2.27. The summed E-state index contributed by atoms with van der Waals surface area (Å²) in [6, 6.07) is 0. The van der Waals surface area contributed by atoms with Crippen LogP contribution in [0.2, 0.25) is 0 Å². The molecule has 3 nitrogen and oxygen atoms in total. The van der Waals surface area contributed by atoms with Crippen molar-refractivity contribution in [2.24, 2.45) is 0 Å². The van der Waals surface area contributed by atoms with Crippen molar-refractivity contribution in [1.29, 1.82) is 0 Å². The summed E-state index contributed by atoms with van der Waals surface area (Å²) in [5.41, 5.74) is -0.561. The zero-order valence-corrected chi connectivity index (χ0v) is 13.1. The molecule has 0 fully saturated rings. The van der Waals surface area contributed by atoms with Gasteiger partial charge in [0.1, 0.15) is 5.60 Å². The number of nitrogens with one attached hydrogen (secondary N) is 1. The number of carbonyl (C=O) groups is 1. The van der Waals surface area contributed by atoms with Gasteiger partial charge < -0.3 is 10.1 Å². The molecule has 0 atom stereocenters. The Balaban J connectivity index is 4.42. The fraction of sp³-hybridized carbons (Fsp3) is 0.933. The van der Waals surface area contributed by atoms with Crippen LogP contribution in [0.4, 0.5) is 4.79 Å². The molecule has 0 aliphatic heterocycles. The van der Waals surface area contributed by atoms with E-state index in [1.165, 1.54) is 0 Å². The van der Waals surface area contributed by atoms with Gasteiger partial charge in [-0.2, -0.15) is 0 Å². The quantitative estimate of drug-likeness (QED) is 0.721. The Hall–Kier alpha value is -0.730. The molecule has 0 heterocycles. The monoisotopic (exact) mass is 257 g/mol. The van der Waals surface area contributed by atoms with E-state index in [9.17, 15) is 4.79 Å². The van der Waals surface area contributed by atoms with Crippen LogP contribution in [0.15, 0.2) is 0 Å². The van der Waals surface area contributed by atoms with Crippen LogP contribution in [-0.2, 0) is 4.74 Å². The molecule has 1 amide bonds. The van der Waals surface area contributed by atoms with Gasteiger partial charge in [-0.05, 0) is 40.5 Å². The van der Waals surface area contributed by atoms with Gasteiger partial charge in [-0.25, -0.2) is 4.79 Å². The summed E-state index contributed by atoms with van der Waals surface area (Å²) in [6.07, 6.45) is 6.31. The van der Waals surface area contributed by atoms with Gasteiger partial charge >= 0.3 is 6.09 Å². The molecule has 0 aliphatic carbocycles. The molecular formula is C15H31NO2. The second kappa shape index (κ2) is 7.65.